The van der Waals surface area contributed by atoms with Crippen LogP contribution in [-0.4, -0.2) is 16.5 Å². The Balaban J connectivity index is 2.74. The molecular formula is C15H22BrN3. The molecule has 104 valence electrons. The zero-order chi connectivity index (χ0) is 14.3. The highest BCUT2D eigenvalue weighted by atomic mass is 79.9. The summed E-state index contributed by atoms with van der Waals surface area (Å²) in [6, 6.07) is 0.275. The molecule has 1 unspecified atom stereocenters. The second-order valence-electron chi connectivity index (χ2n) is 4.40. The normalized spacial score (nSPS) is 12.8. The molecule has 19 heavy (non-hydrogen) atoms. The SMILES string of the molecule is C=C(Br)/C=C\C(=C)c1cnc(C(CC)NCCC)[nH]1. The second-order valence-corrected chi connectivity index (χ2v) is 5.42. The van der Waals surface area contributed by atoms with E-state index >= 15 is 0 Å². The number of nitrogens with zero attached hydrogens (tertiary/aromatic N) is 1. The van der Waals surface area contributed by atoms with Crippen molar-refractivity contribution in [1.82, 2.24) is 15.3 Å². The highest BCUT2D eigenvalue weighted by Crippen LogP contribution is 2.18. The van der Waals surface area contributed by atoms with Crippen molar-refractivity contribution in [3.8, 4) is 0 Å². The van der Waals surface area contributed by atoms with Crippen molar-refractivity contribution in [3.63, 3.8) is 0 Å². The van der Waals surface area contributed by atoms with Crippen LogP contribution in [0.3, 0.4) is 0 Å². The van der Waals surface area contributed by atoms with E-state index in [1.54, 1.807) is 0 Å². The Hall–Kier alpha value is -1.13. The quantitative estimate of drug-likeness (QED) is 0.699. The first-order chi connectivity index (χ1) is 9.08. The number of allylic oxidation sites excluding steroid dienone is 4. The Labute approximate surface area is 124 Å². The van der Waals surface area contributed by atoms with Gasteiger partial charge in [0.05, 0.1) is 17.9 Å². The summed E-state index contributed by atoms with van der Waals surface area (Å²) in [7, 11) is 0. The summed E-state index contributed by atoms with van der Waals surface area (Å²) < 4.78 is 0.824. The maximum atomic E-state index is 4.44. The molecule has 0 spiro atoms. The van der Waals surface area contributed by atoms with Crippen LogP contribution in [0.1, 0.15) is 44.2 Å². The van der Waals surface area contributed by atoms with Crippen LogP contribution in [0.2, 0.25) is 0 Å². The van der Waals surface area contributed by atoms with E-state index in [1.165, 1.54) is 0 Å². The third-order valence-corrected chi connectivity index (χ3v) is 3.05. The molecule has 1 aromatic heterocycles. The smallest absolute Gasteiger partial charge is 0.123 e. The second kappa shape index (κ2) is 8.12. The van der Waals surface area contributed by atoms with E-state index in [4.69, 9.17) is 0 Å². The summed E-state index contributed by atoms with van der Waals surface area (Å²) >= 11 is 3.29. The molecule has 0 aliphatic rings. The van der Waals surface area contributed by atoms with E-state index in [-0.39, 0.29) is 6.04 Å². The Morgan fingerprint density at radius 2 is 2.21 bits per heavy atom. The molecule has 0 aliphatic carbocycles. The molecular weight excluding hydrogens is 302 g/mol. The van der Waals surface area contributed by atoms with Crippen molar-refractivity contribution in [2.75, 3.05) is 6.54 Å². The van der Waals surface area contributed by atoms with Crippen molar-refractivity contribution < 1.29 is 0 Å². The van der Waals surface area contributed by atoms with Gasteiger partial charge in [0.2, 0.25) is 0 Å². The number of imidazole rings is 1. The molecule has 1 aromatic rings. The highest BCUT2D eigenvalue weighted by molar-refractivity contribution is 9.11. The van der Waals surface area contributed by atoms with Crippen LogP contribution >= 0.6 is 15.9 Å². The molecule has 0 radical (unpaired) electrons. The summed E-state index contributed by atoms with van der Waals surface area (Å²) in [5, 5.41) is 3.47. The molecule has 0 aliphatic heterocycles. The fourth-order valence-electron chi connectivity index (χ4n) is 1.71. The zero-order valence-corrected chi connectivity index (χ0v) is 13.3. The van der Waals surface area contributed by atoms with Gasteiger partial charge in [0, 0.05) is 4.48 Å². The molecule has 0 saturated carbocycles. The van der Waals surface area contributed by atoms with Gasteiger partial charge in [-0.05, 0) is 31.0 Å². The summed E-state index contributed by atoms with van der Waals surface area (Å²) in [5.74, 6) is 0.971. The molecule has 0 bridgehead atoms. The Kier molecular flexibility index (Phi) is 6.81. The average molecular weight is 324 g/mol. The molecule has 0 amide bonds. The van der Waals surface area contributed by atoms with Gasteiger partial charge in [-0.3, -0.25) is 0 Å². The minimum Gasteiger partial charge on any atom is -0.341 e. The van der Waals surface area contributed by atoms with Crippen molar-refractivity contribution in [3.05, 3.63) is 47.5 Å². The van der Waals surface area contributed by atoms with E-state index in [9.17, 15) is 0 Å². The highest BCUT2D eigenvalue weighted by Gasteiger charge is 2.12. The third-order valence-electron chi connectivity index (χ3n) is 2.79. The van der Waals surface area contributed by atoms with Gasteiger partial charge < -0.3 is 10.3 Å². The van der Waals surface area contributed by atoms with Crippen LogP contribution < -0.4 is 5.32 Å². The van der Waals surface area contributed by atoms with Gasteiger partial charge in [0.1, 0.15) is 5.82 Å². The summed E-state index contributed by atoms with van der Waals surface area (Å²) in [6.45, 7) is 13.1. The fraction of sp³-hybridized carbons (Fsp3) is 0.400. The molecule has 4 heteroatoms. The molecule has 1 atom stereocenters. The summed E-state index contributed by atoms with van der Waals surface area (Å²) in [4.78, 5) is 7.77. The van der Waals surface area contributed by atoms with E-state index < -0.39 is 0 Å². The monoisotopic (exact) mass is 323 g/mol. The van der Waals surface area contributed by atoms with Crippen LogP contribution in [0.4, 0.5) is 0 Å². The summed E-state index contributed by atoms with van der Waals surface area (Å²) in [5.41, 5.74) is 1.83. The predicted molar refractivity (Wildman–Crippen MR) is 86.2 cm³/mol. The van der Waals surface area contributed by atoms with Crippen LogP contribution in [0.15, 0.2) is 36.0 Å². The average Bonchev–Trinajstić information content (AvgIpc) is 2.86. The number of rotatable bonds is 8. The zero-order valence-electron chi connectivity index (χ0n) is 11.7. The van der Waals surface area contributed by atoms with Gasteiger partial charge in [0.15, 0.2) is 0 Å². The lowest BCUT2D eigenvalue weighted by Gasteiger charge is -2.13. The maximum absolute atomic E-state index is 4.44. The number of halogens is 1. The van der Waals surface area contributed by atoms with Gasteiger partial charge in [-0.1, -0.05) is 49.0 Å². The van der Waals surface area contributed by atoms with E-state index in [0.717, 1.165) is 41.0 Å². The van der Waals surface area contributed by atoms with Crippen molar-refractivity contribution >= 4 is 21.5 Å². The van der Waals surface area contributed by atoms with Crippen LogP contribution in [-0.2, 0) is 0 Å². The number of nitrogens with one attached hydrogen (secondary N) is 2. The van der Waals surface area contributed by atoms with E-state index in [1.807, 2.05) is 18.3 Å². The topological polar surface area (TPSA) is 40.7 Å². The first kappa shape index (κ1) is 15.9. The lowest BCUT2D eigenvalue weighted by atomic mass is 10.2. The number of aromatic amines is 1. The van der Waals surface area contributed by atoms with Crippen LogP contribution in [0.5, 0.6) is 0 Å². The minimum absolute atomic E-state index is 0.275. The Morgan fingerprint density at radius 1 is 1.47 bits per heavy atom. The van der Waals surface area contributed by atoms with Gasteiger partial charge in [-0.15, -0.1) is 0 Å². The fourth-order valence-corrected chi connectivity index (χ4v) is 1.84. The molecule has 0 fully saturated rings. The van der Waals surface area contributed by atoms with Crippen molar-refractivity contribution in [1.29, 1.82) is 0 Å². The first-order valence-corrected chi connectivity index (χ1v) is 7.37. The number of hydrogen-bond acceptors (Lipinski definition) is 2. The molecule has 1 rings (SSSR count). The molecule has 0 saturated heterocycles. The Morgan fingerprint density at radius 3 is 2.79 bits per heavy atom. The predicted octanol–water partition coefficient (Wildman–Crippen LogP) is 4.34. The molecule has 3 nitrogen and oxygen atoms in total. The number of hydrogen-bond donors (Lipinski definition) is 2. The van der Waals surface area contributed by atoms with Crippen LogP contribution in [0, 0.1) is 0 Å². The molecule has 0 aromatic carbocycles. The van der Waals surface area contributed by atoms with Gasteiger partial charge in [0.25, 0.3) is 0 Å². The molecule has 1 heterocycles. The maximum Gasteiger partial charge on any atom is 0.123 e. The van der Waals surface area contributed by atoms with E-state index in [2.05, 4.69) is 58.2 Å². The van der Waals surface area contributed by atoms with E-state index in [0.29, 0.717) is 0 Å². The number of H-pyrrole nitrogens is 1. The molecule has 2 N–H and O–H groups in total. The van der Waals surface area contributed by atoms with Crippen molar-refractivity contribution in [2.45, 2.75) is 32.7 Å². The first-order valence-electron chi connectivity index (χ1n) is 6.58. The van der Waals surface area contributed by atoms with Crippen molar-refractivity contribution in [2.24, 2.45) is 0 Å². The largest absolute Gasteiger partial charge is 0.341 e. The van der Waals surface area contributed by atoms with Gasteiger partial charge >= 0.3 is 0 Å². The minimum atomic E-state index is 0.275. The third kappa shape index (κ3) is 5.17. The standard InChI is InChI=1S/C15H22BrN3/c1-5-9-17-13(6-2)15-18-10-14(19-15)11(3)7-8-12(4)16/h7-8,10,13,17H,3-6,9H2,1-2H3,(H,18,19)/b8-7-. The lowest BCUT2D eigenvalue weighted by molar-refractivity contribution is 0.498. The van der Waals surface area contributed by atoms with Crippen LogP contribution in [0.25, 0.3) is 5.57 Å². The Bertz CT molecular complexity index is 460. The summed E-state index contributed by atoms with van der Waals surface area (Å²) in [6.07, 6.45) is 7.74. The van der Waals surface area contributed by atoms with Gasteiger partial charge in [-0.25, -0.2) is 4.98 Å². The van der Waals surface area contributed by atoms with Gasteiger partial charge in [-0.2, -0.15) is 0 Å². The number of aromatic nitrogens is 2. The lowest BCUT2D eigenvalue weighted by Crippen LogP contribution is -2.22.